The maximum absolute atomic E-state index is 12.4. The van der Waals surface area contributed by atoms with E-state index in [0.717, 1.165) is 0 Å². The van der Waals surface area contributed by atoms with E-state index in [9.17, 15) is 9.59 Å². The molecule has 1 N–H and O–H groups in total. The summed E-state index contributed by atoms with van der Waals surface area (Å²) in [6.45, 7) is 3.99. The first-order valence-electron chi connectivity index (χ1n) is 9.40. The van der Waals surface area contributed by atoms with Crippen LogP contribution in [0.25, 0.3) is 0 Å². The van der Waals surface area contributed by atoms with Crippen molar-refractivity contribution in [1.29, 1.82) is 0 Å². The molecule has 154 valence electrons. The molecule has 2 aromatic rings. The van der Waals surface area contributed by atoms with Gasteiger partial charge in [-0.3, -0.25) is 14.5 Å². The van der Waals surface area contributed by atoms with E-state index >= 15 is 0 Å². The third-order valence-corrected chi connectivity index (χ3v) is 5.32. The molecule has 0 aliphatic carbocycles. The van der Waals surface area contributed by atoms with Crippen LogP contribution in [0.5, 0.6) is 11.5 Å². The van der Waals surface area contributed by atoms with Crippen molar-refractivity contribution >= 4 is 28.9 Å². The van der Waals surface area contributed by atoms with Gasteiger partial charge in [-0.2, -0.15) is 5.10 Å². The topological polar surface area (TPSA) is 88.9 Å². The summed E-state index contributed by atoms with van der Waals surface area (Å²) < 4.78 is 12.2. The summed E-state index contributed by atoms with van der Waals surface area (Å²) in [7, 11) is 1.57. The molecule has 10 heteroatoms. The Morgan fingerprint density at radius 1 is 1.17 bits per heavy atom. The van der Waals surface area contributed by atoms with Crippen LogP contribution in [-0.4, -0.2) is 66.5 Å². The Bertz CT molecular complexity index is 972. The number of hydrogen-bond donors (Lipinski definition) is 1. The van der Waals surface area contributed by atoms with Gasteiger partial charge in [-0.25, -0.2) is 4.68 Å². The molecule has 2 aliphatic rings. The highest BCUT2D eigenvalue weighted by atomic mass is 35.5. The maximum Gasteiger partial charge on any atom is 0.287 e. The first-order valence-corrected chi connectivity index (χ1v) is 9.77. The van der Waals surface area contributed by atoms with E-state index in [-0.39, 0.29) is 23.0 Å². The number of nitrogens with zero attached hydrogens (tertiary/aromatic N) is 4. The van der Waals surface area contributed by atoms with Gasteiger partial charge in [-0.05, 0) is 12.1 Å². The molecule has 1 aromatic carbocycles. The Morgan fingerprint density at radius 3 is 2.66 bits per heavy atom. The van der Waals surface area contributed by atoms with E-state index in [2.05, 4.69) is 15.3 Å². The molecule has 0 saturated carbocycles. The van der Waals surface area contributed by atoms with Gasteiger partial charge in [0.2, 0.25) is 5.91 Å². The van der Waals surface area contributed by atoms with E-state index in [0.29, 0.717) is 62.3 Å². The highest BCUT2D eigenvalue weighted by Gasteiger charge is 2.22. The number of aromatic nitrogens is 2. The molecule has 0 bridgehead atoms. The lowest BCUT2D eigenvalue weighted by atomic mass is 10.2. The highest BCUT2D eigenvalue weighted by molar-refractivity contribution is 6.33. The molecule has 1 amide bonds. The van der Waals surface area contributed by atoms with Gasteiger partial charge in [-0.15, -0.1) is 0 Å². The summed E-state index contributed by atoms with van der Waals surface area (Å²) in [5, 5.41) is 7.11. The minimum Gasteiger partial charge on any atom is -0.486 e. The van der Waals surface area contributed by atoms with E-state index in [1.807, 2.05) is 4.90 Å². The second-order valence-electron chi connectivity index (χ2n) is 6.94. The van der Waals surface area contributed by atoms with Crippen molar-refractivity contribution in [2.75, 3.05) is 56.2 Å². The van der Waals surface area contributed by atoms with Gasteiger partial charge < -0.3 is 19.7 Å². The predicted molar refractivity (Wildman–Crippen MR) is 109 cm³/mol. The fourth-order valence-corrected chi connectivity index (χ4v) is 3.68. The van der Waals surface area contributed by atoms with Crippen LogP contribution in [0.1, 0.15) is 0 Å². The summed E-state index contributed by atoms with van der Waals surface area (Å²) in [5.74, 6) is 1.24. The zero-order chi connectivity index (χ0) is 20.4. The number of carbonyl (C=O) groups is 1. The summed E-state index contributed by atoms with van der Waals surface area (Å²) in [4.78, 5) is 28.5. The lowest BCUT2D eigenvalue weighted by Gasteiger charge is -2.35. The Balaban J connectivity index is 1.31. The van der Waals surface area contributed by atoms with E-state index < -0.39 is 0 Å². The van der Waals surface area contributed by atoms with Crippen molar-refractivity contribution in [3.05, 3.63) is 39.8 Å². The number of halogens is 1. The number of hydrogen-bond acceptors (Lipinski definition) is 7. The zero-order valence-electron chi connectivity index (χ0n) is 16.1. The average molecular weight is 420 g/mol. The minimum absolute atomic E-state index is 0.0941. The van der Waals surface area contributed by atoms with Crippen LogP contribution in [0, 0.1) is 0 Å². The van der Waals surface area contributed by atoms with Gasteiger partial charge in [0.15, 0.2) is 11.5 Å². The second kappa shape index (κ2) is 8.30. The first-order chi connectivity index (χ1) is 14.0. The number of aryl methyl sites for hydroxylation is 1. The van der Waals surface area contributed by atoms with Gasteiger partial charge in [0.25, 0.3) is 5.56 Å². The lowest BCUT2D eigenvalue weighted by Crippen LogP contribution is -2.49. The van der Waals surface area contributed by atoms with Crippen molar-refractivity contribution in [1.82, 2.24) is 14.7 Å². The van der Waals surface area contributed by atoms with Crippen molar-refractivity contribution in [2.45, 2.75) is 0 Å². The van der Waals surface area contributed by atoms with Crippen molar-refractivity contribution < 1.29 is 14.3 Å². The van der Waals surface area contributed by atoms with Crippen LogP contribution in [0.3, 0.4) is 0 Å². The second-order valence-corrected chi connectivity index (χ2v) is 7.32. The molecule has 1 fully saturated rings. The zero-order valence-corrected chi connectivity index (χ0v) is 16.8. The number of fused-ring (bicyclic) bond motifs is 1. The van der Waals surface area contributed by atoms with Crippen molar-refractivity contribution in [2.24, 2.45) is 7.05 Å². The molecular weight excluding hydrogens is 398 g/mol. The Kier molecular flexibility index (Phi) is 5.59. The number of nitrogens with one attached hydrogen (secondary N) is 1. The minimum atomic E-state index is -0.314. The Labute approximate surface area is 172 Å². The van der Waals surface area contributed by atoms with Gasteiger partial charge in [-0.1, -0.05) is 11.6 Å². The molecule has 4 rings (SSSR count). The summed E-state index contributed by atoms with van der Waals surface area (Å²) in [6, 6.07) is 5.37. The number of benzene rings is 1. The standard InChI is InChI=1S/C19H22ClN5O4/c1-23-19(27)18(20)14(11-21-23)25-6-4-24(5-7-25)12-17(26)22-13-2-3-15-16(10-13)29-9-8-28-15/h2-3,10-11H,4-9,12H2,1H3,(H,22,26). The lowest BCUT2D eigenvalue weighted by molar-refractivity contribution is -0.117. The maximum atomic E-state index is 12.4. The largest absolute Gasteiger partial charge is 0.486 e. The van der Waals surface area contributed by atoms with Crippen LogP contribution < -0.4 is 25.2 Å². The smallest absolute Gasteiger partial charge is 0.287 e. The van der Waals surface area contributed by atoms with Crippen molar-refractivity contribution in [3.63, 3.8) is 0 Å². The van der Waals surface area contributed by atoms with Crippen LogP contribution >= 0.6 is 11.6 Å². The summed E-state index contributed by atoms with van der Waals surface area (Å²) in [5.41, 5.74) is 0.997. The highest BCUT2D eigenvalue weighted by Crippen LogP contribution is 2.32. The quantitative estimate of drug-likeness (QED) is 0.789. The van der Waals surface area contributed by atoms with E-state index in [4.69, 9.17) is 21.1 Å². The molecule has 0 atom stereocenters. The van der Waals surface area contributed by atoms with Crippen LogP contribution in [0.4, 0.5) is 11.4 Å². The predicted octanol–water partition coefficient (Wildman–Crippen LogP) is 0.966. The first kappa shape index (κ1) is 19.5. The van der Waals surface area contributed by atoms with E-state index in [1.165, 1.54) is 4.68 Å². The third-order valence-electron chi connectivity index (χ3n) is 4.97. The fraction of sp³-hybridized carbons (Fsp3) is 0.421. The van der Waals surface area contributed by atoms with Gasteiger partial charge >= 0.3 is 0 Å². The van der Waals surface area contributed by atoms with E-state index in [1.54, 1.807) is 31.4 Å². The molecule has 0 unspecified atom stereocenters. The SMILES string of the molecule is Cn1ncc(N2CCN(CC(=O)Nc3ccc4c(c3)OCCO4)CC2)c(Cl)c1=O. The number of rotatable bonds is 4. The van der Waals surface area contributed by atoms with Gasteiger partial charge in [0.1, 0.15) is 18.2 Å². The van der Waals surface area contributed by atoms with Crippen LogP contribution in [0.2, 0.25) is 5.02 Å². The van der Waals surface area contributed by atoms with Crippen molar-refractivity contribution in [3.8, 4) is 11.5 Å². The number of anilines is 2. The Morgan fingerprint density at radius 2 is 1.90 bits per heavy atom. The molecule has 1 aromatic heterocycles. The molecule has 2 aliphatic heterocycles. The monoisotopic (exact) mass is 419 g/mol. The fourth-order valence-electron chi connectivity index (χ4n) is 3.39. The number of amides is 1. The van der Waals surface area contributed by atoms with Gasteiger partial charge in [0, 0.05) is 45.0 Å². The number of piperazine rings is 1. The number of carbonyl (C=O) groups excluding carboxylic acids is 1. The third kappa shape index (κ3) is 4.30. The van der Waals surface area contributed by atoms with Crippen LogP contribution in [0.15, 0.2) is 29.2 Å². The molecule has 0 spiro atoms. The molecule has 9 nitrogen and oxygen atoms in total. The molecule has 29 heavy (non-hydrogen) atoms. The van der Waals surface area contributed by atoms with Crippen LogP contribution in [-0.2, 0) is 11.8 Å². The summed E-state index contributed by atoms with van der Waals surface area (Å²) >= 11 is 6.18. The number of ether oxygens (including phenoxy) is 2. The average Bonchev–Trinajstić information content (AvgIpc) is 2.73. The normalized spacial score (nSPS) is 16.6. The van der Waals surface area contributed by atoms with Gasteiger partial charge in [0.05, 0.1) is 18.4 Å². The summed E-state index contributed by atoms with van der Waals surface area (Å²) in [6.07, 6.45) is 1.61. The molecule has 3 heterocycles. The molecule has 0 radical (unpaired) electrons. The molecule has 1 saturated heterocycles. The molecular formula is C19H22ClN5O4. The Hall–Kier alpha value is -2.78.